The van der Waals surface area contributed by atoms with Crippen LogP contribution in [0, 0.1) is 6.92 Å². The zero-order valence-corrected chi connectivity index (χ0v) is 25.9. The SMILES string of the molecule is Cc1ncoc1COc1ccc2c(c1)CN[C@H]([C@H](O)CNC(=O)c1cc(NC3CCC3)nc(N3CCN(C(C)C)CC3)n1)C2. The van der Waals surface area contributed by atoms with E-state index < -0.39 is 6.10 Å². The number of carbonyl (C=O) groups excluding carboxylic acids is 1. The molecule has 12 heteroatoms. The Balaban J connectivity index is 1.05. The molecule has 0 bridgehead atoms. The minimum Gasteiger partial charge on any atom is -0.486 e. The van der Waals surface area contributed by atoms with Crippen molar-refractivity contribution < 1.29 is 19.1 Å². The highest BCUT2D eigenvalue weighted by molar-refractivity contribution is 5.93. The highest BCUT2D eigenvalue weighted by atomic mass is 16.5. The Morgan fingerprint density at radius 3 is 2.68 bits per heavy atom. The van der Waals surface area contributed by atoms with Gasteiger partial charge in [0, 0.05) is 63.5 Å². The van der Waals surface area contributed by atoms with E-state index in [1.807, 2.05) is 25.1 Å². The van der Waals surface area contributed by atoms with Crippen molar-refractivity contribution in [3.8, 4) is 5.75 Å². The van der Waals surface area contributed by atoms with Gasteiger partial charge in [-0.2, -0.15) is 4.98 Å². The largest absolute Gasteiger partial charge is 0.486 e. The van der Waals surface area contributed by atoms with Crippen LogP contribution in [-0.2, 0) is 19.6 Å². The van der Waals surface area contributed by atoms with E-state index in [0.29, 0.717) is 54.9 Å². The summed E-state index contributed by atoms with van der Waals surface area (Å²) in [6.45, 7) is 10.8. The summed E-state index contributed by atoms with van der Waals surface area (Å²) in [6.07, 6.45) is 4.71. The molecule has 3 aromatic rings. The van der Waals surface area contributed by atoms with Crippen LogP contribution in [-0.4, -0.2) is 87.8 Å². The molecule has 236 valence electrons. The van der Waals surface area contributed by atoms with Crippen molar-refractivity contribution in [2.75, 3.05) is 42.9 Å². The number of aliphatic hydroxyl groups is 1. The molecule has 12 nitrogen and oxygen atoms in total. The molecule has 44 heavy (non-hydrogen) atoms. The van der Waals surface area contributed by atoms with Gasteiger partial charge in [0.05, 0.1) is 11.8 Å². The van der Waals surface area contributed by atoms with Crippen molar-refractivity contribution in [1.29, 1.82) is 0 Å². The molecule has 1 amide bonds. The minimum atomic E-state index is -0.768. The fourth-order valence-electron chi connectivity index (χ4n) is 5.89. The molecule has 1 aliphatic carbocycles. The first-order chi connectivity index (χ1) is 21.3. The van der Waals surface area contributed by atoms with Gasteiger partial charge < -0.3 is 35.1 Å². The van der Waals surface area contributed by atoms with E-state index >= 15 is 0 Å². The number of ether oxygens (including phenoxy) is 1. The number of piperazine rings is 1. The van der Waals surface area contributed by atoms with Crippen LogP contribution in [0.5, 0.6) is 5.75 Å². The molecule has 0 radical (unpaired) electrons. The van der Waals surface area contributed by atoms with E-state index in [4.69, 9.17) is 14.1 Å². The summed E-state index contributed by atoms with van der Waals surface area (Å²) in [6, 6.07) is 8.41. The lowest BCUT2D eigenvalue weighted by molar-refractivity contribution is 0.0865. The monoisotopic (exact) mass is 604 g/mol. The van der Waals surface area contributed by atoms with Crippen molar-refractivity contribution in [2.45, 2.75) is 83.8 Å². The summed E-state index contributed by atoms with van der Waals surface area (Å²) < 4.78 is 11.3. The molecule has 0 spiro atoms. The van der Waals surface area contributed by atoms with Crippen LogP contribution in [0.2, 0.25) is 0 Å². The summed E-state index contributed by atoms with van der Waals surface area (Å²) in [4.78, 5) is 31.5. The number of nitrogens with zero attached hydrogens (tertiary/aromatic N) is 5. The molecule has 4 heterocycles. The van der Waals surface area contributed by atoms with Crippen molar-refractivity contribution in [2.24, 2.45) is 0 Å². The summed E-state index contributed by atoms with van der Waals surface area (Å²) >= 11 is 0. The Morgan fingerprint density at radius 1 is 1.16 bits per heavy atom. The summed E-state index contributed by atoms with van der Waals surface area (Å²) in [5, 5.41) is 20.9. The number of fused-ring (bicyclic) bond motifs is 1. The van der Waals surface area contributed by atoms with Gasteiger partial charge in [-0.25, -0.2) is 9.97 Å². The number of aliphatic hydroxyl groups excluding tert-OH is 1. The van der Waals surface area contributed by atoms with Gasteiger partial charge in [-0.15, -0.1) is 0 Å². The number of oxazole rings is 1. The molecule has 1 saturated carbocycles. The van der Waals surface area contributed by atoms with E-state index in [1.165, 1.54) is 12.8 Å². The average Bonchev–Trinajstić information content (AvgIpc) is 3.44. The number of rotatable bonds is 11. The second-order valence-electron chi connectivity index (χ2n) is 12.4. The van der Waals surface area contributed by atoms with Crippen LogP contribution in [0.25, 0.3) is 0 Å². The van der Waals surface area contributed by atoms with Gasteiger partial charge in [0.1, 0.15) is 23.9 Å². The number of amides is 1. The second-order valence-corrected chi connectivity index (χ2v) is 12.4. The zero-order valence-electron chi connectivity index (χ0n) is 25.9. The molecule has 6 rings (SSSR count). The Labute approximate surface area is 258 Å². The summed E-state index contributed by atoms with van der Waals surface area (Å²) in [7, 11) is 0. The third kappa shape index (κ3) is 7.14. The molecule has 2 aromatic heterocycles. The number of hydrogen-bond donors (Lipinski definition) is 4. The van der Waals surface area contributed by atoms with Crippen molar-refractivity contribution >= 4 is 17.7 Å². The Bertz CT molecular complexity index is 1430. The fourth-order valence-corrected chi connectivity index (χ4v) is 5.89. The average molecular weight is 605 g/mol. The number of aromatic nitrogens is 3. The number of anilines is 2. The van der Waals surface area contributed by atoms with Gasteiger partial charge in [-0.3, -0.25) is 9.69 Å². The fraction of sp³-hybridized carbons (Fsp3) is 0.562. The van der Waals surface area contributed by atoms with Gasteiger partial charge in [-0.05, 0) is 69.7 Å². The number of hydrogen-bond acceptors (Lipinski definition) is 11. The van der Waals surface area contributed by atoms with Crippen molar-refractivity contribution in [1.82, 2.24) is 30.5 Å². The lowest BCUT2D eigenvalue weighted by Crippen LogP contribution is -2.50. The topological polar surface area (TPSA) is 141 Å². The van der Waals surface area contributed by atoms with E-state index in [-0.39, 0.29) is 18.5 Å². The second kappa shape index (κ2) is 13.5. The quantitative estimate of drug-likeness (QED) is 0.257. The lowest BCUT2D eigenvalue weighted by atomic mass is 9.92. The summed E-state index contributed by atoms with van der Waals surface area (Å²) in [5.41, 5.74) is 3.40. The van der Waals surface area contributed by atoms with E-state index in [0.717, 1.165) is 61.6 Å². The lowest BCUT2D eigenvalue weighted by Gasteiger charge is -2.37. The predicted molar refractivity (Wildman–Crippen MR) is 167 cm³/mol. The van der Waals surface area contributed by atoms with Crippen LogP contribution >= 0.6 is 0 Å². The van der Waals surface area contributed by atoms with Crippen LogP contribution in [0.15, 0.2) is 35.1 Å². The first-order valence-corrected chi connectivity index (χ1v) is 15.8. The molecule has 3 aliphatic rings. The van der Waals surface area contributed by atoms with E-state index in [2.05, 4.69) is 49.6 Å². The molecule has 1 saturated heterocycles. The molecule has 2 fully saturated rings. The third-order valence-corrected chi connectivity index (χ3v) is 9.05. The summed E-state index contributed by atoms with van der Waals surface area (Å²) in [5.74, 6) is 2.41. The van der Waals surface area contributed by atoms with E-state index in [9.17, 15) is 9.90 Å². The maximum absolute atomic E-state index is 13.3. The maximum Gasteiger partial charge on any atom is 0.270 e. The van der Waals surface area contributed by atoms with Crippen molar-refractivity contribution in [3.63, 3.8) is 0 Å². The number of carbonyl (C=O) groups is 1. The number of nitrogens with one attached hydrogen (secondary N) is 3. The van der Waals surface area contributed by atoms with Crippen LogP contribution < -0.4 is 25.6 Å². The molecular weight excluding hydrogens is 560 g/mol. The van der Waals surface area contributed by atoms with Gasteiger partial charge in [0.25, 0.3) is 5.91 Å². The molecule has 2 aliphatic heterocycles. The predicted octanol–water partition coefficient (Wildman–Crippen LogP) is 2.65. The minimum absolute atomic E-state index is 0.112. The van der Waals surface area contributed by atoms with Crippen LogP contribution in [0.1, 0.15) is 66.2 Å². The Morgan fingerprint density at radius 2 is 1.98 bits per heavy atom. The molecule has 1 aromatic carbocycles. The highest BCUT2D eigenvalue weighted by Gasteiger charge is 2.27. The first-order valence-electron chi connectivity index (χ1n) is 15.8. The van der Waals surface area contributed by atoms with E-state index in [1.54, 1.807) is 6.07 Å². The van der Waals surface area contributed by atoms with Gasteiger partial charge in [-0.1, -0.05) is 6.07 Å². The first kappa shape index (κ1) is 30.3. The van der Waals surface area contributed by atoms with Gasteiger partial charge in [0.15, 0.2) is 12.2 Å². The van der Waals surface area contributed by atoms with Gasteiger partial charge in [0.2, 0.25) is 5.95 Å². The maximum atomic E-state index is 13.3. The zero-order chi connectivity index (χ0) is 30.6. The van der Waals surface area contributed by atoms with Crippen LogP contribution in [0.4, 0.5) is 11.8 Å². The highest BCUT2D eigenvalue weighted by Crippen LogP contribution is 2.26. The molecule has 2 atom stereocenters. The van der Waals surface area contributed by atoms with Gasteiger partial charge >= 0.3 is 0 Å². The number of aryl methyl sites for hydroxylation is 1. The smallest absolute Gasteiger partial charge is 0.270 e. The third-order valence-electron chi connectivity index (χ3n) is 9.05. The number of benzene rings is 1. The molecule has 0 unspecified atom stereocenters. The van der Waals surface area contributed by atoms with Crippen LogP contribution in [0.3, 0.4) is 0 Å². The Kier molecular flexibility index (Phi) is 9.29. The standard InChI is InChI=1S/C32H44N8O4/c1-20(2)39-9-11-40(12-10-39)32-37-27(15-30(38-32)36-24-5-4-6-24)31(42)34-17-28(41)26-14-22-7-8-25(13-23(22)16-33-26)43-18-29-21(3)35-19-44-29/h7-8,13,15,19-20,24,26,28,33,41H,4-6,9-12,14,16-18H2,1-3H3,(H,34,42)(H,36,37,38)/t26-,28+/m0/s1. The van der Waals surface area contributed by atoms with Crippen molar-refractivity contribution in [3.05, 3.63) is 58.9 Å². The molecular formula is C32H44N8O4. The normalized spacial score (nSPS) is 19.8. The molecule has 4 N–H and O–H groups in total. The Hall–Kier alpha value is -3.74.